The number of carbonyl (C=O) groups is 1. The highest BCUT2D eigenvalue weighted by molar-refractivity contribution is 6.31. The molecule has 0 saturated carbocycles. The number of benzene rings is 1. The zero-order valence-corrected chi connectivity index (χ0v) is 13.5. The lowest BCUT2D eigenvalue weighted by atomic mass is 10.2. The van der Waals surface area contributed by atoms with Gasteiger partial charge in [-0.05, 0) is 26.8 Å². The van der Waals surface area contributed by atoms with Crippen molar-refractivity contribution in [3.05, 3.63) is 28.8 Å². The van der Waals surface area contributed by atoms with Gasteiger partial charge in [0.15, 0.2) is 0 Å². The number of carbonyl (C=O) groups excluding carboxylic acids is 1. The van der Waals surface area contributed by atoms with E-state index in [0.29, 0.717) is 23.4 Å². The number of nitrogens with one attached hydrogen (secondary N) is 1. The molecule has 0 aliphatic carbocycles. The van der Waals surface area contributed by atoms with E-state index in [2.05, 4.69) is 10.3 Å². The molecule has 1 N–H and O–H groups in total. The molecule has 0 fully saturated rings. The Morgan fingerprint density at radius 1 is 1.48 bits per heavy atom. The van der Waals surface area contributed by atoms with Crippen molar-refractivity contribution in [3.63, 3.8) is 0 Å². The lowest BCUT2D eigenvalue weighted by Crippen LogP contribution is -2.31. The lowest BCUT2D eigenvalue weighted by Gasteiger charge is -2.18. The third kappa shape index (κ3) is 2.99. The molecule has 2 rings (SSSR count). The molecule has 1 aromatic heterocycles. The van der Waals surface area contributed by atoms with Gasteiger partial charge < -0.3 is 9.88 Å². The molecule has 1 amide bonds. The van der Waals surface area contributed by atoms with Crippen LogP contribution in [0.1, 0.15) is 38.0 Å². The maximum atomic E-state index is 13.7. The quantitative estimate of drug-likeness (QED) is 0.865. The molecule has 0 aliphatic rings. The van der Waals surface area contributed by atoms with E-state index in [9.17, 15) is 9.18 Å². The molecule has 1 heterocycles. The Bertz CT molecular complexity index is 684. The summed E-state index contributed by atoms with van der Waals surface area (Å²) in [5.41, 5.74) is 1.01. The van der Waals surface area contributed by atoms with Crippen molar-refractivity contribution < 1.29 is 9.18 Å². The maximum Gasteiger partial charge on any atom is 0.242 e. The van der Waals surface area contributed by atoms with Crippen LogP contribution < -0.4 is 5.32 Å². The van der Waals surface area contributed by atoms with Crippen molar-refractivity contribution in [3.8, 4) is 0 Å². The van der Waals surface area contributed by atoms with Crippen LogP contribution in [0.5, 0.6) is 0 Å². The van der Waals surface area contributed by atoms with Gasteiger partial charge in [0.25, 0.3) is 0 Å². The highest BCUT2D eigenvalue weighted by atomic mass is 35.5. The average molecular weight is 332 g/mol. The van der Waals surface area contributed by atoms with Crippen molar-refractivity contribution in [2.45, 2.75) is 32.2 Å². The predicted octanol–water partition coefficient (Wildman–Crippen LogP) is 3.83. The first-order valence-electron chi connectivity index (χ1n) is 6.65. The lowest BCUT2D eigenvalue weighted by molar-refractivity contribution is -0.123. The molecule has 4 nitrogen and oxygen atoms in total. The van der Waals surface area contributed by atoms with Crippen molar-refractivity contribution >= 4 is 40.1 Å². The summed E-state index contributed by atoms with van der Waals surface area (Å²) < 4.78 is 15.4. The van der Waals surface area contributed by atoms with Gasteiger partial charge in [0.1, 0.15) is 17.7 Å². The van der Waals surface area contributed by atoms with E-state index in [1.807, 2.05) is 6.92 Å². The normalized spacial score (nSPS) is 14.2. The van der Waals surface area contributed by atoms with E-state index in [0.717, 1.165) is 0 Å². The van der Waals surface area contributed by atoms with Crippen LogP contribution in [0.3, 0.4) is 0 Å². The topological polar surface area (TPSA) is 46.9 Å². The van der Waals surface area contributed by atoms with Crippen LogP contribution in [0.25, 0.3) is 11.0 Å². The average Bonchev–Trinajstić information content (AvgIpc) is 2.77. The van der Waals surface area contributed by atoms with Crippen molar-refractivity contribution in [1.29, 1.82) is 0 Å². The SMILES string of the molecule is CCNC(=O)C(C)n1c(C(C)Cl)nc2cc(Cl)c(F)cc21. The Labute approximate surface area is 132 Å². The third-order valence-corrected chi connectivity index (χ3v) is 3.72. The van der Waals surface area contributed by atoms with Gasteiger partial charge in [0.2, 0.25) is 5.91 Å². The van der Waals surface area contributed by atoms with Crippen LogP contribution in [0.4, 0.5) is 4.39 Å². The number of hydrogen-bond donors (Lipinski definition) is 1. The van der Waals surface area contributed by atoms with Gasteiger partial charge in [0.05, 0.1) is 21.4 Å². The van der Waals surface area contributed by atoms with Crippen LogP contribution in [0.2, 0.25) is 5.02 Å². The molecular formula is C14H16Cl2FN3O. The number of halogens is 3. The third-order valence-electron chi connectivity index (χ3n) is 3.23. The molecule has 21 heavy (non-hydrogen) atoms. The summed E-state index contributed by atoms with van der Waals surface area (Å²) in [4.78, 5) is 16.5. The van der Waals surface area contributed by atoms with Crippen LogP contribution in [-0.4, -0.2) is 22.0 Å². The van der Waals surface area contributed by atoms with E-state index in [1.165, 1.54) is 12.1 Å². The number of amides is 1. The number of alkyl halides is 1. The van der Waals surface area contributed by atoms with Gasteiger partial charge >= 0.3 is 0 Å². The standard InChI is InChI=1S/C14H16Cl2FN3O/c1-4-18-14(21)8(3)20-12-6-10(17)9(16)5-11(12)19-13(20)7(2)15/h5-8H,4H2,1-3H3,(H,18,21). The molecule has 2 unspecified atom stereocenters. The number of aromatic nitrogens is 2. The molecule has 0 spiro atoms. The van der Waals surface area contributed by atoms with E-state index in [-0.39, 0.29) is 10.9 Å². The van der Waals surface area contributed by atoms with Crippen molar-refractivity contribution in [1.82, 2.24) is 14.9 Å². The van der Waals surface area contributed by atoms with Crippen molar-refractivity contribution in [2.24, 2.45) is 0 Å². The van der Waals surface area contributed by atoms with Gasteiger partial charge in [-0.1, -0.05) is 11.6 Å². The first-order chi connectivity index (χ1) is 9.86. The minimum Gasteiger partial charge on any atom is -0.355 e. The number of nitrogens with zero attached hydrogens (tertiary/aromatic N) is 2. The fraction of sp³-hybridized carbons (Fsp3) is 0.429. The smallest absolute Gasteiger partial charge is 0.242 e. The number of imidazole rings is 1. The summed E-state index contributed by atoms with van der Waals surface area (Å²) in [5, 5.41) is 2.31. The fourth-order valence-corrected chi connectivity index (χ4v) is 2.55. The summed E-state index contributed by atoms with van der Waals surface area (Å²) in [5.74, 6) is -0.222. The van der Waals surface area contributed by atoms with Crippen LogP contribution in [-0.2, 0) is 4.79 Å². The minimum atomic E-state index is -0.554. The predicted molar refractivity (Wildman–Crippen MR) is 82.4 cm³/mol. The fourth-order valence-electron chi connectivity index (χ4n) is 2.24. The van der Waals surface area contributed by atoms with E-state index < -0.39 is 17.2 Å². The maximum absolute atomic E-state index is 13.7. The van der Waals surface area contributed by atoms with Gasteiger partial charge in [-0.15, -0.1) is 11.6 Å². The first-order valence-corrected chi connectivity index (χ1v) is 7.46. The molecule has 0 aliphatic heterocycles. The zero-order valence-electron chi connectivity index (χ0n) is 12.0. The Morgan fingerprint density at radius 3 is 2.71 bits per heavy atom. The minimum absolute atomic E-state index is 0.00779. The van der Waals surface area contributed by atoms with Gasteiger partial charge in [-0.2, -0.15) is 0 Å². The summed E-state index contributed by atoms with van der Waals surface area (Å²) in [6.45, 7) is 5.83. The van der Waals surface area contributed by atoms with Gasteiger partial charge in [0, 0.05) is 12.6 Å². The number of fused-ring (bicyclic) bond motifs is 1. The summed E-state index contributed by atoms with van der Waals surface area (Å²) in [7, 11) is 0. The van der Waals surface area contributed by atoms with E-state index in [1.54, 1.807) is 18.4 Å². The van der Waals surface area contributed by atoms with Crippen LogP contribution >= 0.6 is 23.2 Å². The van der Waals surface area contributed by atoms with Gasteiger partial charge in [-0.3, -0.25) is 4.79 Å². The molecule has 114 valence electrons. The molecular weight excluding hydrogens is 316 g/mol. The Kier molecular flexibility index (Phi) is 4.74. The first kappa shape index (κ1) is 16.0. The summed E-state index contributed by atoms with van der Waals surface area (Å²) in [6.07, 6.45) is 0. The van der Waals surface area contributed by atoms with Crippen LogP contribution in [0.15, 0.2) is 12.1 Å². The number of hydrogen-bond acceptors (Lipinski definition) is 2. The largest absolute Gasteiger partial charge is 0.355 e. The second-order valence-corrected chi connectivity index (χ2v) is 5.84. The Balaban J connectivity index is 2.66. The van der Waals surface area contributed by atoms with Gasteiger partial charge in [-0.25, -0.2) is 9.37 Å². The summed E-state index contributed by atoms with van der Waals surface area (Å²) >= 11 is 11.9. The van der Waals surface area contributed by atoms with Crippen LogP contribution in [0, 0.1) is 5.82 Å². The highest BCUT2D eigenvalue weighted by Crippen LogP contribution is 2.30. The monoisotopic (exact) mass is 331 g/mol. The molecule has 1 aromatic carbocycles. The summed E-state index contributed by atoms with van der Waals surface area (Å²) in [6, 6.07) is 2.17. The molecule has 7 heteroatoms. The Morgan fingerprint density at radius 2 is 2.14 bits per heavy atom. The zero-order chi connectivity index (χ0) is 15.7. The molecule has 2 atom stereocenters. The Hall–Kier alpha value is -1.33. The second kappa shape index (κ2) is 6.20. The van der Waals surface area contributed by atoms with E-state index >= 15 is 0 Å². The molecule has 2 aromatic rings. The van der Waals surface area contributed by atoms with E-state index in [4.69, 9.17) is 23.2 Å². The highest BCUT2D eigenvalue weighted by Gasteiger charge is 2.24. The second-order valence-electron chi connectivity index (χ2n) is 4.78. The van der Waals surface area contributed by atoms with Crippen molar-refractivity contribution in [2.75, 3.05) is 6.54 Å². The molecule has 0 radical (unpaired) electrons. The number of likely N-dealkylation sites (N-methyl/N-ethyl adjacent to an activating group) is 1. The molecule has 0 bridgehead atoms. The molecule has 0 saturated heterocycles. The number of rotatable bonds is 4.